The minimum Gasteiger partial charge on any atom is -0.598 e. The molecule has 0 amide bonds. The molecular weight excluding hydrogens is 110 g/mol. The van der Waals surface area contributed by atoms with Crippen LogP contribution in [0.4, 0.5) is 0 Å². The summed E-state index contributed by atoms with van der Waals surface area (Å²) in [6, 6.07) is 0. The summed E-state index contributed by atoms with van der Waals surface area (Å²) in [4.78, 5) is 0. The zero-order valence-electron chi connectivity index (χ0n) is 4.60. The van der Waals surface area contributed by atoms with Crippen LogP contribution in [0.3, 0.4) is 0 Å². The predicted octanol–water partition coefficient (Wildman–Crippen LogP) is 0.221. The van der Waals surface area contributed by atoms with E-state index in [0.29, 0.717) is 0 Å². The van der Waals surface area contributed by atoms with Crippen LogP contribution in [-0.4, -0.2) is 9.30 Å². The summed E-state index contributed by atoms with van der Waals surface area (Å²) in [5.41, 5.74) is 0. The van der Waals surface area contributed by atoms with Gasteiger partial charge in [-0.15, -0.1) is 0 Å². The third-order valence-corrected chi connectivity index (χ3v) is 1.63. The molecule has 0 bridgehead atoms. The smallest absolute Gasteiger partial charge is 0.139 e. The highest BCUT2D eigenvalue weighted by Crippen LogP contribution is 2.08. The fourth-order valence-electron chi connectivity index (χ4n) is 0. The van der Waals surface area contributed by atoms with Crippen molar-refractivity contribution in [2.24, 2.45) is 5.14 Å². The Balaban J connectivity index is 3.54. The zero-order valence-corrected chi connectivity index (χ0v) is 5.42. The van der Waals surface area contributed by atoms with Gasteiger partial charge < -0.3 is 4.55 Å². The number of hydrogen-bond donors (Lipinski definition) is 1. The van der Waals surface area contributed by atoms with Crippen molar-refractivity contribution in [1.82, 2.24) is 0 Å². The van der Waals surface area contributed by atoms with Gasteiger partial charge in [0.05, 0.1) is 0 Å². The quantitative estimate of drug-likeness (QED) is 0.503. The molecule has 0 fully saturated rings. The van der Waals surface area contributed by atoms with E-state index in [2.05, 4.69) is 6.92 Å². The minimum atomic E-state index is -1.29. The van der Waals surface area contributed by atoms with Crippen LogP contribution in [-0.2, 0) is 11.4 Å². The fraction of sp³-hybridized carbons (Fsp3) is 0.750. The SMILES string of the molecule is [CH2]C(C)(C)[S@@+](N)[O-]. The van der Waals surface area contributed by atoms with Gasteiger partial charge in [0.25, 0.3) is 0 Å². The molecule has 0 aromatic heterocycles. The molecule has 7 heavy (non-hydrogen) atoms. The van der Waals surface area contributed by atoms with Gasteiger partial charge in [-0.05, 0) is 13.8 Å². The molecule has 0 aromatic rings. The van der Waals surface area contributed by atoms with Crippen molar-refractivity contribution >= 4 is 11.4 Å². The first kappa shape index (κ1) is 7.27. The lowest BCUT2D eigenvalue weighted by atomic mass is 10.3. The Morgan fingerprint density at radius 2 is 1.86 bits per heavy atom. The van der Waals surface area contributed by atoms with E-state index in [-0.39, 0.29) is 0 Å². The van der Waals surface area contributed by atoms with Crippen molar-refractivity contribution in [3.8, 4) is 0 Å². The van der Waals surface area contributed by atoms with Crippen molar-refractivity contribution in [3.63, 3.8) is 0 Å². The van der Waals surface area contributed by atoms with Crippen LogP contribution in [0.25, 0.3) is 0 Å². The molecule has 0 aliphatic rings. The summed E-state index contributed by atoms with van der Waals surface area (Å²) >= 11 is -1.29. The summed E-state index contributed by atoms with van der Waals surface area (Å²) in [6.45, 7) is 7.00. The van der Waals surface area contributed by atoms with Gasteiger partial charge in [0.1, 0.15) is 4.75 Å². The van der Waals surface area contributed by atoms with Crippen LogP contribution >= 0.6 is 0 Å². The van der Waals surface area contributed by atoms with Gasteiger partial charge in [-0.3, -0.25) is 0 Å². The average Bonchev–Trinajstić information content (AvgIpc) is 1.31. The maximum absolute atomic E-state index is 10.3. The Hall–Kier alpha value is 0.270. The van der Waals surface area contributed by atoms with E-state index in [1.165, 1.54) is 0 Å². The first-order chi connectivity index (χ1) is 2.94. The number of rotatable bonds is 1. The second-order valence-electron chi connectivity index (χ2n) is 2.06. The monoisotopic (exact) mass is 120 g/mol. The molecule has 1 radical (unpaired) electrons. The maximum atomic E-state index is 10.3. The third-order valence-electron chi connectivity index (χ3n) is 0.545. The van der Waals surface area contributed by atoms with Crippen LogP contribution in [0.1, 0.15) is 13.8 Å². The first-order valence-electron chi connectivity index (χ1n) is 1.96. The molecule has 0 unspecified atom stereocenters. The Bertz CT molecular complexity index is 57.2. The normalized spacial score (nSPS) is 16.7. The predicted molar refractivity (Wildman–Crippen MR) is 31.8 cm³/mol. The number of hydrogen-bond acceptors (Lipinski definition) is 2. The van der Waals surface area contributed by atoms with Crippen molar-refractivity contribution in [2.75, 3.05) is 0 Å². The molecule has 0 aromatic carbocycles. The molecule has 0 spiro atoms. The van der Waals surface area contributed by atoms with Crippen molar-refractivity contribution in [1.29, 1.82) is 0 Å². The average molecular weight is 120 g/mol. The van der Waals surface area contributed by atoms with E-state index in [9.17, 15) is 4.55 Å². The lowest BCUT2D eigenvalue weighted by Crippen LogP contribution is -2.34. The molecule has 0 rings (SSSR count). The Kier molecular flexibility index (Phi) is 2.10. The molecule has 0 aliphatic carbocycles. The van der Waals surface area contributed by atoms with Crippen LogP contribution in [0.5, 0.6) is 0 Å². The molecule has 0 aliphatic heterocycles. The van der Waals surface area contributed by atoms with E-state index in [0.717, 1.165) is 0 Å². The zero-order chi connectivity index (χ0) is 6.08. The largest absolute Gasteiger partial charge is 0.598 e. The van der Waals surface area contributed by atoms with Gasteiger partial charge in [-0.25, -0.2) is 0 Å². The van der Waals surface area contributed by atoms with Crippen LogP contribution < -0.4 is 5.14 Å². The summed E-state index contributed by atoms with van der Waals surface area (Å²) in [6.07, 6.45) is 0. The van der Waals surface area contributed by atoms with Gasteiger partial charge in [0, 0.05) is 18.3 Å². The molecule has 1 atom stereocenters. The fourth-order valence-corrected chi connectivity index (χ4v) is 0. The third kappa shape index (κ3) is 2.91. The highest BCUT2D eigenvalue weighted by atomic mass is 32.2. The molecule has 2 N–H and O–H groups in total. The molecular formula is C4H10NOS. The van der Waals surface area contributed by atoms with E-state index < -0.39 is 16.1 Å². The van der Waals surface area contributed by atoms with E-state index >= 15 is 0 Å². The second-order valence-corrected chi connectivity index (χ2v) is 3.76. The standard InChI is InChI=1S/C4H10NOS/c1-4(2,3)7(5)6/h1,5H2,2-3H3/t7-/m0/s1. The second kappa shape index (κ2) is 2.03. The van der Waals surface area contributed by atoms with E-state index in [1.54, 1.807) is 13.8 Å². The summed E-state index contributed by atoms with van der Waals surface area (Å²) in [7, 11) is 0. The van der Waals surface area contributed by atoms with Crippen molar-refractivity contribution in [2.45, 2.75) is 18.6 Å². The van der Waals surface area contributed by atoms with Gasteiger partial charge >= 0.3 is 0 Å². The molecule has 0 saturated carbocycles. The van der Waals surface area contributed by atoms with Crippen molar-refractivity contribution < 1.29 is 4.55 Å². The first-order valence-corrected chi connectivity index (χ1v) is 3.17. The number of nitrogens with two attached hydrogens (primary N) is 1. The maximum Gasteiger partial charge on any atom is 0.139 e. The van der Waals surface area contributed by atoms with E-state index in [4.69, 9.17) is 5.14 Å². The Morgan fingerprint density at radius 3 is 1.86 bits per heavy atom. The lowest BCUT2D eigenvalue weighted by molar-refractivity contribution is 0.572. The Labute approximate surface area is 47.4 Å². The van der Waals surface area contributed by atoms with Gasteiger partial charge in [0.15, 0.2) is 0 Å². The molecule has 43 valence electrons. The molecule has 0 heterocycles. The molecule has 3 heteroatoms. The Morgan fingerprint density at radius 1 is 1.71 bits per heavy atom. The summed E-state index contributed by atoms with van der Waals surface area (Å²) in [5, 5.41) is 4.98. The van der Waals surface area contributed by atoms with Gasteiger partial charge in [-0.1, -0.05) is 0 Å². The summed E-state index contributed by atoms with van der Waals surface area (Å²) < 4.78 is 9.79. The van der Waals surface area contributed by atoms with Crippen LogP contribution in [0.15, 0.2) is 0 Å². The van der Waals surface area contributed by atoms with Crippen molar-refractivity contribution in [3.05, 3.63) is 6.92 Å². The lowest BCUT2D eigenvalue weighted by Gasteiger charge is -2.17. The highest BCUT2D eigenvalue weighted by Gasteiger charge is 2.21. The van der Waals surface area contributed by atoms with Crippen LogP contribution in [0, 0.1) is 6.92 Å². The van der Waals surface area contributed by atoms with Crippen LogP contribution in [0.2, 0.25) is 0 Å². The van der Waals surface area contributed by atoms with Gasteiger partial charge in [0.2, 0.25) is 0 Å². The topological polar surface area (TPSA) is 49.1 Å². The molecule has 0 saturated heterocycles. The highest BCUT2D eigenvalue weighted by molar-refractivity contribution is 7.90. The minimum absolute atomic E-state index is 0.500. The van der Waals surface area contributed by atoms with Gasteiger partial charge in [-0.2, -0.15) is 5.14 Å². The van der Waals surface area contributed by atoms with E-state index in [1.807, 2.05) is 0 Å². The summed E-state index contributed by atoms with van der Waals surface area (Å²) in [5.74, 6) is 0. The molecule has 2 nitrogen and oxygen atoms in total.